The van der Waals surface area contributed by atoms with E-state index in [9.17, 15) is 0 Å². The third-order valence-electron chi connectivity index (χ3n) is 2.18. The predicted octanol–water partition coefficient (Wildman–Crippen LogP) is 1.95. The second-order valence-corrected chi connectivity index (χ2v) is 3.31. The molecular weight excluding hydrogens is 208 g/mol. The third-order valence-corrected chi connectivity index (χ3v) is 2.18. The third kappa shape index (κ3) is 2.25. The summed E-state index contributed by atoms with van der Waals surface area (Å²) in [6, 6.07) is 7.46. The zero-order valence-electron chi connectivity index (χ0n) is 8.59. The van der Waals surface area contributed by atoms with Gasteiger partial charge in [0.25, 0.3) is 0 Å². The summed E-state index contributed by atoms with van der Waals surface area (Å²) >= 11 is 0. The molecule has 3 N–H and O–H groups in total. The molecule has 0 saturated carbocycles. The summed E-state index contributed by atoms with van der Waals surface area (Å²) in [4.78, 5) is 0. The van der Waals surface area contributed by atoms with Gasteiger partial charge in [-0.05, 0) is 18.2 Å². The lowest BCUT2D eigenvalue weighted by atomic mass is 10.2. The van der Waals surface area contributed by atoms with Crippen LogP contribution < -0.4 is 10.5 Å². The second kappa shape index (κ2) is 4.57. The molecule has 0 aliphatic heterocycles. The Morgan fingerprint density at radius 1 is 1.44 bits per heavy atom. The lowest BCUT2D eigenvalue weighted by molar-refractivity contribution is 0.305. The number of benzene rings is 1. The van der Waals surface area contributed by atoms with Gasteiger partial charge in [0.2, 0.25) is 0 Å². The van der Waals surface area contributed by atoms with Crippen LogP contribution in [0.4, 0.5) is 0 Å². The first-order valence-corrected chi connectivity index (χ1v) is 4.86. The van der Waals surface area contributed by atoms with Gasteiger partial charge in [-0.1, -0.05) is 5.16 Å². The first-order valence-electron chi connectivity index (χ1n) is 4.86. The van der Waals surface area contributed by atoms with Gasteiger partial charge >= 0.3 is 0 Å². The highest BCUT2D eigenvalue weighted by Gasteiger charge is 2.00. The van der Waals surface area contributed by atoms with E-state index in [1.165, 1.54) is 0 Å². The number of nitrogens with zero attached hydrogens (tertiary/aromatic N) is 1. The number of hydrogen-bond donors (Lipinski definition) is 2. The van der Waals surface area contributed by atoms with E-state index in [0.717, 1.165) is 11.0 Å². The first kappa shape index (κ1) is 10.4. The summed E-state index contributed by atoms with van der Waals surface area (Å²) in [6.45, 7) is 0.363. The molecule has 0 amide bonds. The molecular formula is C11H12N2O3. The van der Waals surface area contributed by atoms with Crippen molar-refractivity contribution in [3.8, 4) is 5.75 Å². The van der Waals surface area contributed by atoms with Gasteiger partial charge < -0.3 is 20.1 Å². The highest BCUT2D eigenvalue weighted by molar-refractivity contribution is 5.80. The van der Waals surface area contributed by atoms with Crippen LogP contribution in [0.5, 0.6) is 5.75 Å². The Morgan fingerprint density at radius 2 is 2.31 bits per heavy atom. The Kier molecular flexibility index (Phi) is 2.95. The molecule has 1 heterocycles. The Morgan fingerprint density at radius 3 is 3.12 bits per heavy atom. The maximum absolute atomic E-state index is 8.34. The van der Waals surface area contributed by atoms with Crippen LogP contribution in [0.15, 0.2) is 40.1 Å². The van der Waals surface area contributed by atoms with Crippen molar-refractivity contribution in [3.63, 3.8) is 0 Å². The molecule has 0 saturated heterocycles. The van der Waals surface area contributed by atoms with Crippen molar-refractivity contribution in [3.05, 3.63) is 30.5 Å². The monoisotopic (exact) mass is 220 g/mol. The Labute approximate surface area is 92.1 Å². The van der Waals surface area contributed by atoms with Crippen LogP contribution in [0, 0.1) is 0 Å². The van der Waals surface area contributed by atoms with Gasteiger partial charge in [-0.2, -0.15) is 0 Å². The van der Waals surface area contributed by atoms with Crippen LogP contribution in [0.1, 0.15) is 6.42 Å². The van der Waals surface area contributed by atoms with E-state index in [-0.39, 0.29) is 5.84 Å². The number of hydrogen-bond acceptors (Lipinski definition) is 4. The van der Waals surface area contributed by atoms with E-state index < -0.39 is 0 Å². The molecule has 0 atom stereocenters. The summed E-state index contributed by atoms with van der Waals surface area (Å²) < 4.78 is 10.7. The van der Waals surface area contributed by atoms with Crippen molar-refractivity contribution in [1.29, 1.82) is 0 Å². The number of oxime groups is 1. The summed E-state index contributed by atoms with van der Waals surface area (Å²) in [7, 11) is 0. The van der Waals surface area contributed by atoms with Crippen LogP contribution in [-0.4, -0.2) is 17.6 Å². The van der Waals surface area contributed by atoms with Crippen molar-refractivity contribution in [1.82, 2.24) is 0 Å². The molecule has 2 aromatic rings. The summed E-state index contributed by atoms with van der Waals surface area (Å²) in [5, 5.41) is 12.2. The van der Waals surface area contributed by atoms with E-state index in [2.05, 4.69) is 5.16 Å². The minimum absolute atomic E-state index is 0.152. The van der Waals surface area contributed by atoms with Gasteiger partial charge in [-0.15, -0.1) is 0 Å². The highest BCUT2D eigenvalue weighted by atomic mass is 16.5. The SMILES string of the molecule is NC(CCOc1ccc2ccoc2c1)=NO. The second-order valence-electron chi connectivity index (χ2n) is 3.31. The van der Waals surface area contributed by atoms with Crippen LogP contribution >= 0.6 is 0 Å². The van der Waals surface area contributed by atoms with Crippen molar-refractivity contribution in [2.24, 2.45) is 10.9 Å². The number of furan rings is 1. The smallest absolute Gasteiger partial charge is 0.142 e. The van der Waals surface area contributed by atoms with E-state index in [1.807, 2.05) is 24.3 Å². The van der Waals surface area contributed by atoms with Crippen molar-refractivity contribution in [2.75, 3.05) is 6.61 Å². The minimum atomic E-state index is 0.152. The quantitative estimate of drug-likeness (QED) is 0.357. The number of nitrogens with two attached hydrogens (primary N) is 1. The van der Waals surface area contributed by atoms with Gasteiger partial charge in [0.15, 0.2) is 0 Å². The maximum atomic E-state index is 8.34. The van der Waals surface area contributed by atoms with Crippen LogP contribution in [0.2, 0.25) is 0 Å². The molecule has 0 spiro atoms. The summed E-state index contributed by atoms with van der Waals surface area (Å²) in [5.74, 6) is 0.854. The standard InChI is InChI=1S/C11H12N2O3/c12-11(13-14)4-6-15-9-2-1-8-3-5-16-10(8)7-9/h1-3,5,7,14H,4,6H2,(H2,12,13). The fourth-order valence-corrected chi connectivity index (χ4v) is 1.35. The molecule has 0 aliphatic rings. The number of fused-ring (bicyclic) bond motifs is 1. The van der Waals surface area contributed by atoms with Gasteiger partial charge in [0.05, 0.1) is 12.9 Å². The van der Waals surface area contributed by atoms with Crippen LogP contribution in [-0.2, 0) is 0 Å². The average Bonchev–Trinajstić information content (AvgIpc) is 2.76. The van der Waals surface area contributed by atoms with E-state index in [4.69, 9.17) is 20.1 Å². The molecule has 0 fully saturated rings. The van der Waals surface area contributed by atoms with Crippen molar-refractivity contribution in [2.45, 2.75) is 6.42 Å². The molecule has 0 unspecified atom stereocenters. The highest BCUT2D eigenvalue weighted by Crippen LogP contribution is 2.21. The van der Waals surface area contributed by atoms with Gasteiger partial charge in [0.1, 0.15) is 17.2 Å². The topological polar surface area (TPSA) is 81.0 Å². The number of amidine groups is 1. The first-order chi connectivity index (χ1) is 7.79. The van der Waals surface area contributed by atoms with E-state index >= 15 is 0 Å². The molecule has 1 aromatic carbocycles. The average molecular weight is 220 g/mol. The molecule has 0 radical (unpaired) electrons. The molecule has 16 heavy (non-hydrogen) atoms. The van der Waals surface area contributed by atoms with E-state index in [0.29, 0.717) is 18.8 Å². The predicted molar refractivity (Wildman–Crippen MR) is 59.7 cm³/mol. The normalized spacial score (nSPS) is 11.9. The fourth-order valence-electron chi connectivity index (χ4n) is 1.35. The molecule has 0 aliphatic carbocycles. The Hall–Kier alpha value is -2.17. The lowest BCUT2D eigenvalue weighted by Gasteiger charge is -2.04. The molecule has 0 bridgehead atoms. The molecule has 2 rings (SSSR count). The van der Waals surface area contributed by atoms with E-state index in [1.54, 1.807) is 6.26 Å². The fraction of sp³-hybridized carbons (Fsp3) is 0.182. The lowest BCUT2D eigenvalue weighted by Crippen LogP contribution is -2.15. The molecule has 5 heteroatoms. The number of ether oxygens (including phenoxy) is 1. The molecule has 1 aromatic heterocycles. The van der Waals surface area contributed by atoms with Crippen molar-refractivity contribution < 1.29 is 14.4 Å². The zero-order valence-corrected chi connectivity index (χ0v) is 8.59. The van der Waals surface area contributed by atoms with Gasteiger partial charge in [-0.25, -0.2) is 0 Å². The summed E-state index contributed by atoms with van der Waals surface area (Å²) in [6.07, 6.45) is 2.01. The minimum Gasteiger partial charge on any atom is -0.493 e. The maximum Gasteiger partial charge on any atom is 0.142 e. The largest absolute Gasteiger partial charge is 0.493 e. The molecule has 84 valence electrons. The van der Waals surface area contributed by atoms with Crippen molar-refractivity contribution >= 4 is 16.8 Å². The van der Waals surface area contributed by atoms with Gasteiger partial charge in [-0.3, -0.25) is 0 Å². The Balaban J connectivity index is 1.99. The zero-order chi connectivity index (χ0) is 11.4. The summed E-state index contributed by atoms with van der Waals surface area (Å²) in [5.41, 5.74) is 6.09. The Bertz CT molecular complexity index is 505. The molecule has 5 nitrogen and oxygen atoms in total. The van der Waals surface area contributed by atoms with Crippen LogP contribution in [0.3, 0.4) is 0 Å². The van der Waals surface area contributed by atoms with Crippen LogP contribution in [0.25, 0.3) is 11.0 Å². The van der Waals surface area contributed by atoms with Gasteiger partial charge in [0, 0.05) is 17.9 Å². The number of rotatable bonds is 4.